The Morgan fingerprint density at radius 2 is 0.925 bits per heavy atom. The van der Waals surface area contributed by atoms with Crippen molar-refractivity contribution in [3.63, 3.8) is 0 Å². The predicted octanol–water partition coefficient (Wildman–Crippen LogP) is 7.41. The third-order valence-electron chi connectivity index (χ3n) is 6.57. The number of carbonyl (C=O) groups is 2. The molecule has 1 aliphatic rings. The highest BCUT2D eigenvalue weighted by molar-refractivity contribution is 6.32. The van der Waals surface area contributed by atoms with Crippen molar-refractivity contribution in [1.82, 2.24) is 0 Å². The van der Waals surface area contributed by atoms with Crippen molar-refractivity contribution in [2.24, 2.45) is 0 Å². The molecule has 4 aromatic rings. The van der Waals surface area contributed by atoms with Gasteiger partial charge in [-0.25, -0.2) is 10.1 Å². The third-order valence-corrected chi connectivity index (χ3v) is 6.57. The lowest BCUT2D eigenvalue weighted by Gasteiger charge is -2.32. The summed E-state index contributed by atoms with van der Waals surface area (Å²) in [7, 11) is 0. The maximum Gasteiger partial charge on any atom is 0.196 e. The lowest BCUT2D eigenvalue weighted by Crippen LogP contribution is -2.31. The third kappa shape index (κ3) is 5.23. The van der Waals surface area contributed by atoms with Gasteiger partial charge in [0.15, 0.2) is 11.6 Å². The van der Waals surface area contributed by atoms with Gasteiger partial charge in [-0.2, -0.15) is 0 Å². The average molecular weight is 531 g/mol. The zero-order valence-corrected chi connectivity index (χ0v) is 22.6. The van der Waals surface area contributed by atoms with Gasteiger partial charge in [0.2, 0.25) is 0 Å². The highest BCUT2D eigenvalue weighted by Crippen LogP contribution is 2.41. The van der Waals surface area contributed by atoms with Crippen LogP contribution in [0.4, 0.5) is 11.4 Å². The van der Waals surface area contributed by atoms with Gasteiger partial charge in [-0.3, -0.25) is 19.3 Å². The van der Waals surface area contributed by atoms with Crippen molar-refractivity contribution in [3.05, 3.63) is 155 Å². The van der Waals surface area contributed by atoms with Crippen LogP contribution in [0, 0.1) is 0 Å². The highest BCUT2D eigenvalue weighted by atomic mass is 16.7. The summed E-state index contributed by atoms with van der Waals surface area (Å²) >= 11 is 0. The Bertz CT molecular complexity index is 1480. The number of allylic oxidation sites excluding steroid dienone is 2. The first-order valence-corrected chi connectivity index (χ1v) is 13.0. The standard InChI is InChI=1S/C34H30N2O4/c1-23(2)35(39-21-25-13-7-5-8-14-25)29-19-20-30(36(24(3)4)40-22-26-15-9-6-10-16-26)32-31(29)33(37)27-17-11-12-18-28(27)34(32)38/h5-20H,1,3,21-22H2,2,4H3. The molecule has 0 heterocycles. The molecule has 0 bridgehead atoms. The van der Waals surface area contributed by atoms with Crippen LogP contribution in [-0.4, -0.2) is 11.6 Å². The van der Waals surface area contributed by atoms with Crippen LogP contribution < -0.4 is 10.1 Å². The van der Waals surface area contributed by atoms with E-state index in [1.807, 2.05) is 60.7 Å². The molecular weight excluding hydrogens is 500 g/mol. The molecule has 200 valence electrons. The molecule has 5 rings (SSSR count). The highest BCUT2D eigenvalue weighted by Gasteiger charge is 2.37. The first-order valence-electron chi connectivity index (χ1n) is 13.0. The normalized spacial score (nSPS) is 11.9. The SMILES string of the molecule is C=C(C)N(OCc1ccccc1)c1ccc(N(OCc2ccccc2)C(=C)C)c2c1C(=O)c1ccccc1C2=O. The summed E-state index contributed by atoms with van der Waals surface area (Å²) in [4.78, 5) is 40.5. The number of nitrogens with zero attached hydrogens (tertiary/aromatic N) is 2. The van der Waals surface area contributed by atoms with Crippen LogP contribution in [0.15, 0.2) is 122 Å². The first kappa shape index (κ1) is 26.8. The van der Waals surface area contributed by atoms with E-state index in [0.717, 1.165) is 11.1 Å². The van der Waals surface area contributed by atoms with Gasteiger partial charge in [-0.15, -0.1) is 0 Å². The minimum atomic E-state index is -0.277. The molecule has 0 saturated carbocycles. The summed E-state index contributed by atoms with van der Waals surface area (Å²) in [5.74, 6) is -0.553. The number of carbonyl (C=O) groups excluding carboxylic acids is 2. The van der Waals surface area contributed by atoms with Crippen molar-refractivity contribution in [1.29, 1.82) is 0 Å². The van der Waals surface area contributed by atoms with Crippen LogP contribution in [0.3, 0.4) is 0 Å². The molecule has 0 saturated heterocycles. The minimum Gasteiger partial charge on any atom is -0.288 e. The molecule has 1 aliphatic carbocycles. The number of rotatable bonds is 10. The monoisotopic (exact) mass is 530 g/mol. The van der Waals surface area contributed by atoms with Crippen molar-refractivity contribution in [3.8, 4) is 0 Å². The molecule has 0 spiro atoms. The number of fused-ring (bicyclic) bond motifs is 2. The van der Waals surface area contributed by atoms with Crippen LogP contribution in [0.1, 0.15) is 56.8 Å². The van der Waals surface area contributed by atoms with E-state index in [1.165, 1.54) is 10.1 Å². The molecular formula is C34H30N2O4. The fourth-order valence-electron chi connectivity index (χ4n) is 4.72. The number of hydrogen-bond donors (Lipinski definition) is 0. The van der Waals surface area contributed by atoms with E-state index in [1.54, 1.807) is 50.2 Å². The van der Waals surface area contributed by atoms with Crippen molar-refractivity contribution in [2.45, 2.75) is 27.1 Å². The number of anilines is 2. The summed E-state index contributed by atoms with van der Waals surface area (Å²) in [5.41, 5.74) is 5.03. The van der Waals surface area contributed by atoms with Gasteiger partial charge in [-0.1, -0.05) is 98.1 Å². The Hall–Kier alpha value is -4.78. The van der Waals surface area contributed by atoms with E-state index in [0.29, 0.717) is 33.9 Å². The van der Waals surface area contributed by atoms with E-state index >= 15 is 0 Å². The molecule has 0 atom stereocenters. The summed E-state index contributed by atoms with van der Waals surface area (Å²) in [6.45, 7) is 12.3. The summed E-state index contributed by atoms with van der Waals surface area (Å²) in [6.07, 6.45) is 0. The molecule has 0 unspecified atom stereocenters. The number of hydroxylamine groups is 2. The second kappa shape index (κ2) is 11.5. The Morgan fingerprint density at radius 1 is 0.575 bits per heavy atom. The van der Waals surface area contributed by atoms with Crippen molar-refractivity contribution >= 4 is 22.9 Å². The zero-order chi connectivity index (χ0) is 28.2. The quantitative estimate of drug-likeness (QED) is 0.175. The summed E-state index contributed by atoms with van der Waals surface area (Å²) in [5, 5.41) is 3.04. The van der Waals surface area contributed by atoms with Crippen molar-refractivity contribution in [2.75, 3.05) is 10.1 Å². The Morgan fingerprint density at radius 3 is 1.27 bits per heavy atom. The van der Waals surface area contributed by atoms with Crippen LogP contribution in [0.25, 0.3) is 0 Å². The van der Waals surface area contributed by atoms with Gasteiger partial charge in [0.25, 0.3) is 0 Å². The molecule has 40 heavy (non-hydrogen) atoms. The molecule has 0 aromatic heterocycles. The molecule has 6 nitrogen and oxygen atoms in total. The number of benzene rings is 4. The van der Waals surface area contributed by atoms with Crippen molar-refractivity contribution < 1.29 is 19.3 Å². The lowest BCUT2D eigenvalue weighted by molar-refractivity contribution is 0.0956. The molecule has 0 aliphatic heterocycles. The number of hydrogen-bond acceptors (Lipinski definition) is 6. The van der Waals surface area contributed by atoms with Gasteiger partial charge in [0.05, 0.1) is 22.5 Å². The van der Waals surface area contributed by atoms with Gasteiger partial charge in [0, 0.05) is 22.5 Å². The van der Waals surface area contributed by atoms with Gasteiger partial charge in [-0.05, 0) is 37.1 Å². The van der Waals surface area contributed by atoms with Gasteiger partial charge in [0.1, 0.15) is 13.2 Å². The topological polar surface area (TPSA) is 59.1 Å². The van der Waals surface area contributed by atoms with Crippen LogP contribution in [-0.2, 0) is 22.9 Å². The smallest absolute Gasteiger partial charge is 0.196 e. The van der Waals surface area contributed by atoms with Gasteiger partial charge >= 0.3 is 0 Å². The fraction of sp³-hybridized carbons (Fsp3) is 0.118. The van der Waals surface area contributed by atoms with E-state index in [4.69, 9.17) is 9.68 Å². The molecule has 6 heteroatoms. The summed E-state index contributed by atoms with van der Waals surface area (Å²) < 4.78 is 0. The maximum absolute atomic E-state index is 14.1. The average Bonchev–Trinajstić information content (AvgIpc) is 2.97. The molecule has 0 radical (unpaired) electrons. The maximum atomic E-state index is 14.1. The number of ketones is 2. The van der Waals surface area contributed by atoms with E-state index in [9.17, 15) is 9.59 Å². The minimum absolute atomic E-state index is 0.229. The molecule has 0 amide bonds. The molecule has 0 fully saturated rings. The van der Waals surface area contributed by atoms with Gasteiger partial charge < -0.3 is 0 Å². The van der Waals surface area contributed by atoms with Crippen LogP contribution in [0.5, 0.6) is 0 Å². The van der Waals surface area contributed by atoms with E-state index < -0.39 is 0 Å². The molecule has 0 N–H and O–H groups in total. The molecule has 4 aromatic carbocycles. The fourth-order valence-corrected chi connectivity index (χ4v) is 4.72. The Kier molecular flexibility index (Phi) is 7.73. The zero-order valence-electron chi connectivity index (χ0n) is 22.6. The largest absolute Gasteiger partial charge is 0.288 e. The predicted molar refractivity (Wildman–Crippen MR) is 157 cm³/mol. The van der Waals surface area contributed by atoms with Crippen LogP contribution >= 0.6 is 0 Å². The van der Waals surface area contributed by atoms with Crippen LogP contribution in [0.2, 0.25) is 0 Å². The first-order chi connectivity index (χ1) is 19.4. The second-order valence-electron chi connectivity index (χ2n) is 9.64. The Labute approximate surface area is 234 Å². The Balaban J connectivity index is 1.63. The summed E-state index contributed by atoms with van der Waals surface area (Å²) in [6, 6.07) is 29.8. The van der Waals surface area contributed by atoms with E-state index in [-0.39, 0.29) is 35.9 Å². The lowest BCUT2D eigenvalue weighted by atomic mass is 9.82. The van der Waals surface area contributed by atoms with E-state index in [2.05, 4.69) is 13.2 Å². The second-order valence-corrected chi connectivity index (χ2v) is 9.64.